The Kier molecular flexibility index (Phi) is 4.54. The number of halogens is 1. The van der Waals surface area contributed by atoms with Crippen molar-refractivity contribution >= 4 is 38.6 Å². The molecule has 5 nitrogen and oxygen atoms in total. The van der Waals surface area contributed by atoms with Crippen molar-refractivity contribution in [3.8, 4) is 10.6 Å². The fraction of sp³-hybridized carbons (Fsp3) is 0.278. The number of sulfonamides is 1. The molecule has 0 spiro atoms. The number of nitrogens with one attached hydrogen (secondary N) is 1. The molecule has 26 heavy (non-hydrogen) atoms. The topological polar surface area (TPSA) is 72.2 Å². The third-order valence-electron chi connectivity index (χ3n) is 4.58. The highest BCUT2D eigenvalue weighted by atomic mass is 35.5. The van der Waals surface area contributed by atoms with Crippen LogP contribution in [0.5, 0.6) is 0 Å². The van der Waals surface area contributed by atoms with Gasteiger partial charge < -0.3 is 4.42 Å². The zero-order valence-electron chi connectivity index (χ0n) is 14.0. The van der Waals surface area contributed by atoms with Gasteiger partial charge in [0.25, 0.3) is 10.0 Å². The largest absolute Gasteiger partial charge is 0.440 e. The van der Waals surface area contributed by atoms with E-state index in [0.717, 1.165) is 34.9 Å². The molecule has 3 aromatic rings. The molecule has 0 atom stereocenters. The molecule has 0 unspecified atom stereocenters. The van der Waals surface area contributed by atoms with Gasteiger partial charge in [0.1, 0.15) is 4.21 Å². The molecule has 2 heterocycles. The molecule has 0 amide bonds. The maximum Gasteiger partial charge on any atom is 0.271 e. The summed E-state index contributed by atoms with van der Waals surface area (Å²) in [5, 5.41) is 0.516. The smallest absolute Gasteiger partial charge is 0.271 e. The molecule has 136 valence electrons. The number of anilines is 1. The number of rotatable bonds is 5. The highest BCUT2D eigenvalue weighted by molar-refractivity contribution is 7.94. The Morgan fingerprint density at radius 1 is 1.27 bits per heavy atom. The van der Waals surface area contributed by atoms with Crippen LogP contribution in [0.4, 0.5) is 5.69 Å². The first-order valence-corrected chi connectivity index (χ1v) is 11.0. The quantitative estimate of drug-likeness (QED) is 0.610. The molecule has 1 N–H and O–H groups in total. The molecular formula is C18H17ClN2O3S2. The first-order chi connectivity index (χ1) is 12.4. The highest BCUT2D eigenvalue weighted by Gasteiger charge is 2.25. The van der Waals surface area contributed by atoms with Crippen LogP contribution in [0.15, 0.2) is 45.2 Å². The third-order valence-corrected chi connectivity index (χ3v) is 7.95. The van der Waals surface area contributed by atoms with Crippen LogP contribution in [-0.4, -0.2) is 13.4 Å². The normalized spacial score (nSPS) is 15.0. The average Bonchev–Trinajstić information content (AvgIpc) is 3.19. The maximum atomic E-state index is 12.7. The first kappa shape index (κ1) is 17.6. The van der Waals surface area contributed by atoms with Gasteiger partial charge in [0.2, 0.25) is 0 Å². The van der Waals surface area contributed by atoms with Crippen LogP contribution < -0.4 is 4.72 Å². The lowest BCUT2D eigenvalue weighted by molar-refractivity contribution is 0.338. The summed E-state index contributed by atoms with van der Waals surface area (Å²) in [4.78, 5) is 5.08. The Morgan fingerprint density at radius 2 is 2.08 bits per heavy atom. The van der Waals surface area contributed by atoms with E-state index in [1.165, 1.54) is 6.42 Å². The van der Waals surface area contributed by atoms with Crippen LogP contribution in [0.2, 0.25) is 5.02 Å². The van der Waals surface area contributed by atoms with E-state index < -0.39 is 10.0 Å². The van der Waals surface area contributed by atoms with Crippen molar-refractivity contribution in [1.82, 2.24) is 4.98 Å². The molecule has 8 heteroatoms. The minimum absolute atomic E-state index is 0.216. The van der Waals surface area contributed by atoms with E-state index >= 15 is 0 Å². The molecule has 1 fully saturated rings. The second-order valence-corrected chi connectivity index (χ2v) is 9.73. The van der Waals surface area contributed by atoms with Crippen LogP contribution in [0.1, 0.15) is 36.6 Å². The Balaban J connectivity index is 1.58. The first-order valence-electron chi connectivity index (χ1n) is 8.28. The van der Waals surface area contributed by atoms with Crippen LogP contribution in [0.25, 0.3) is 10.6 Å². The molecule has 2 aromatic heterocycles. The van der Waals surface area contributed by atoms with Crippen molar-refractivity contribution in [3.63, 3.8) is 0 Å². The van der Waals surface area contributed by atoms with Crippen molar-refractivity contribution in [2.45, 2.75) is 36.3 Å². The highest BCUT2D eigenvalue weighted by Crippen LogP contribution is 2.39. The lowest BCUT2D eigenvalue weighted by Crippen LogP contribution is -2.12. The molecule has 0 radical (unpaired) electrons. The van der Waals surface area contributed by atoms with Crippen molar-refractivity contribution in [3.05, 3.63) is 53.0 Å². The fourth-order valence-corrected chi connectivity index (χ4v) is 5.31. The fourth-order valence-electron chi connectivity index (χ4n) is 2.76. The van der Waals surface area contributed by atoms with Gasteiger partial charge in [-0.15, -0.1) is 11.3 Å². The van der Waals surface area contributed by atoms with E-state index in [1.54, 1.807) is 43.5 Å². The molecule has 0 aliphatic heterocycles. The van der Waals surface area contributed by atoms with E-state index in [4.69, 9.17) is 16.0 Å². The van der Waals surface area contributed by atoms with E-state index in [0.29, 0.717) is 28.0 Å². The number of oxazole rings is 1. The van der Waals surface area contributed by atoms with E-state index in [2.05, 4.69) is 9.71 Å². The SMILES string of the molecule is Cc1c(Cl)cccc1NS(=O)(=O)c1ccc(-c2cnc(C3CCC3)o2)s1. The van der Waals surface area contributed by atoms with Gasteiger partial charge in [-0.3, -0.25) is 4.72 Å². The van der Waals surface area contributed by atoms with Crippen LogP contribution in [0, 0.1) is 6.92 Å². The number of thiophene rings is 1. The molecular weight excluding hydrogens is 392 g/mol. The molecule has 1 aliphatic rings. The second-order valence-electron chi connectivity index (χ2n) is 6.33. The van der Waals surface area contributed by atoms with Gasteiger partial charge in [-0.1, -0.05) is 24.1 Å². The van der Waals surface area contributed by atoms with Gasteiger partial charge in [0, 0.05) is 10.9 Å². The minimum Gasteiger partial charge on any atom is -0.440 e. The summed E-state index contributed by atoms with van der Waals surface area (Å²) in [5.74, 6) is 1.76. The average molecular weight is 409 g/mol. The summed E-state index contributed by atoms with van der Waals surface area (Å²) in [6.45, 7) is 1.77. The van der Waals surface area contributed by atoms with Crippen molar-refractivity contribution in [2.24, 2.45) is 0 Å². The van der Waals surface area contributed by atoms with Gasteiger partial charge in [-0.05, 0) is 49.6 Å². The minimum atomic E-state index is -3.69. The van der Waals surface area contributed by atoms with Gasteiger partial charge in [-0.2, -0.15) is 0 Å². The summed E-state index contributed by atoms with van der Waals surface area (Å²) in [7, 11) is -3.69. The van der Waals surface area contributed by atoms with Crippen LogP contribution in [0.3, 0.4) is 0 Å². The van der Waals surface area contributed by atoms with Crippen molar-refractivity contribution in [1.29, 1.82) is 0 Å². The predicted octanol–water partition coefficient (Wildman–Crippen LogP) is 5.43. The molecule has 0 bridgehead atoms. The number of nitrogens with zero attached hydrogens (tertiary/aromatic N) is 1. The maximum absolute atomic E-state index is 12.7. The zero-order chi connectivity index (χ0) is 18.3. The summed E-state index contributed by atoms with van der Waals surface area (Å²) < 4.78 is 34.0. The van der Waals surface area contributed by atoms with Crippen molar-refractivity contribution in [2.75, 3.05) is 4.72 Å². The van der Waals surface area contributed by atoms with E-state index in [1.807, 2.05) is 0 Å². The van der Waals surface area contributed by atoms with Gasteiger partial charge in [0.05, 0.1) is 16.8 Å². The monoisotopic (exact) mass is 408 g/mol. The summed E-state index contributed by atoms with van der Waals surface area (Å²) in [6.07, 6.45) is 5.09. The van der Waals surface area contributed by atoms with Crippen LogP contribution in [-0.2, 0) is 10.0 Å². The summed E-state index contributed by atoms with van der Waals surface area (Å²) >= 11 is 7.22. The number of benzene rings is 1. The Bertz CT molecular complexity index is 1050. The number of hydrogen-bond acceptors (Lipinski definition) is 5. The van der Waals surface area contributed by atoms with E-state index in [9.17, 15) is 8.42 Å². The third kappa shape index (κ3) is 3.26. The van der Waals surface area contributed by atoms with Crippen LogP contribution >= 0.6 is 22.9 Å². The van der Waals surface area contributed by atoms with Gasteiger partial charge in [0.15, 0.2) is 11.7 Å². The second kappa shape index (κ2) is 6.72. The summed E-state index contributed by atoms with van der Waals surface area (Å²) in [6, 6.07) is 8.45. The number of aromatic nitrogens is 1. The lowest BCUT2D eigenvalue weighted by Gasteiger charge is -2.21. The molecule has 0 saturated heterocycles. The zero-order valence-corrected chi connectivity index (χ0v) is 16.4. The molecule has 4 rings (SSSR count). The van der Waals surface area contributed by atoms with Gasteiger partial charge in [-0.25, -0.2) is 13.4 Å². The standard InChI is InChI=1S/C18H17ClN2O3S2/c1-11-13(19)6-3-7-14(11)21-26(22,23)17-9-8-16(25-17)15-10-20-18(24-15)12-4-2-5-12/h3,6-10,12,21H,2,4-5H2,1H3. The molecule has 1 aliphatic carbocycles. The lowest BCUT2D eigenvalue weighted by atomic mass is 9.85. The van der Waals surface area contributed by atoms with Gasteiger partial charge >= 0.3 is 0 Å². The number of hydrogen-bond donors (Lipinski definition) is 1. The predicted molar refractivity (Wildman–Crippen MR) is 103 cm³/mol. The Morgan fingerprint density at radius 3 is 2.81 bits per heavy atom. The Labute approximate surface area is 161 Å². The molecule has 1 saturated carbocycles. The summed E-state index contributed by atoms with van der Waals surface area (Å²) in [5.41, 5.74) is 1.16. The van der Waals surface area contributed by atoms with E-state index in [-0.39, 0.29) is 4.21 Å². The Hall–Kier alpha value is -1.83. The molecule has 1 aromatic carbocycles. The van der Waals surface area contributed by atoms with Crippen molar-refractivity contribution < 1.29 is 12.8 Å².